The van der Waals surface area contributed by atoms with Crippen molar-refractivity contribution >= 4 is 0 Å². The summed E-state index contributed by atoms with van der Waals surface area (Å²) >= 11 is 0. The first-order valence-corrected chi connectivity index (χ1v) is 4.73. The topological polar surface area (TPSA) is 26.0 Å². The molecule has 0 bridgehead atoms. The van der Waals surface area contributed by atoms with Crippen LogP contribution in [-0.2, 0) is 0 Å². The second-order valence-corrected chi connectivity index (χ2v) is 3.64. The molecule has 0 saturated heterocycles. The molecule has 11 heavy (non-hydrogen) atoms. The summed E-state index contributed by atoms with van der Waals surface area (Å²) in [6.07, 6.45) is 11.5. The maximum Gasteiger partial charge on any atom is 0.0194 e. The largest absolute Gasteiger partial charge is 0.325 e. The van der Waals surface area contributed by atoms with Gasteiger partial charge in [-0.2, -0.15) is 0 Å². The van der Waals surface area contributed by atoms with E-state index in [1.54, 1.807) is 0 Å². The van der Waals surface area contributed by atoms with Crippen molar-refractivity contribution < 1.29 is 0 Å². The molecule has 1 aliphatic rings. The summed E-state index contributed by atoms with van der Waals surface area (Å²) < 4.78 is 0. The lowest BCUT2D eigenvalue weighted by Crippen LogP contribution is -2.12. The van der Waals surface area contributed by atoms with E-state index < -0.39 is 0 Å². The monoisotopic (exact) mass is 153 g/mol. The van der Waals surface area contributed by atoms with Gasteiger partial charge in [0.2, 0.25) is 0 Å². The van der Waals surface area contributed by atoms with E-state index in [0.29, 0.717) is 0 Å². The maximum atomic E-state index is 5.62. The Labute approximate surface area is 69.7 Å². The third-order valence-electron chi connectivity index (χ3n) is 2.34. The van der Waals surface area contributed by atoms with E-state index in [4.69, 9.17) is 5.73 Å². The van der Waals surface area contributed by atoms with Gasteiger partial charge in [-0.05, 0) is 25.7 Å². The molecule has 1 fully saturated rings. The molecule has 2 N–H and O–H groups in total. The average Bonchev–Trinajstić information content (AvgIpc) is 2.03. The molecule has 0 radical (unpaired) electrons. The number of rotatable bonds is 2. The second kappa shape index (κ2) is 4.55. The third kappa shape index (κ3) is 3.57. The first kappa shape index (κ1) is 8.79. The summed E-state index contributed by atoms with van der Waals surface area (Å²) in [6.45, 7) is 2.03. The van der Waals surface area contributed by atoms with E-state index in [1.807, 2.05) is 6.92 Å². The molecule has 0 spiro atoms. The van der Waals surface area contributed by atoms with Gasteiger partial charge in [0.25, 0.3) is 0 Å². The van der Waals surface area contributed by atoms with Gasteiger partial charge in [0.1, 0.15) is 0 Å². The van der Waals surface area contributed by atoms with Crippen LogP contribution in [0.1, 0.15) is 39.0 Å². The predicted octanol–water partition coefficient (Wildman–Crippen LogP) is 2.47. The van der Waals surface area contributed by atoms with Crippen LogP contribution in [0.15, 0.2) is 12.2 Å². The SMILES string of the molecule is CC(N)/C=C/C1CCCCC1. The van der Waals surface area contributed by atoms with Crippen molar-refractivity contribution in [3.05, 3.63) is 12.2 Å². The highest BCUT2D eigenvalue weighted by atomic mass is 14.6. The molecule has 1 saturated carbocycles. The lowest BCUT2D eigenvalue weighted by molar-refractivity contribution is 0.418. The zero-order valence-electron chi connectivity index (χ0n) is 7.42. The summed E-state index contributed by atoms with van der Waals surface area (Å²) in [5.41, 5.74) is 5.62. The van der Waals surface area contributed by atoms with E-state index in [1.165, 1.54) is 32.1 Å². The Balaban J connectivity index is 2.23. The smallest absolute Gasteiger partial charge is 0.0194 e. The maximum absolute atomic E-state index is 5.62. The molecule has 0 aromatic rings. The fourth-order valence-corrected chi connectivity index (χ4v) is 1.66. The van der Waals surface area contributed by atoms with E-state index in [9.17, 15) is 0 Å². The zero-order valence-corrected chi connectivity index (χ0v) is 7.42. The van der Waals surface area contributed by atoms with Crippen LogP contribution < -0.4 is 5.73 Å². The van der Waals surface area contributed by atoms with Gasteiger partial charge in [-0.3, -0.25) is 0 Å². The van der Waals surface area contributed by atoms with Gasteiger partial charge in [-0.15, -0.1) is 0 Å². The van der Waals surface area contributed by atoms with Crippen LogP contribution >= 0.6 is 0 Å². The van der Waals surface area contributed by atoms with Crippen molar-refractivity contribution in [1.82, 2.24) is 0 Å². The third-order valence-corrected chi connectivity index (χ3v) is 2.34. The Bertz CT molecular complexity index is 121. The molecule has 1 rings (SSSR count). The molecule has 1 aliphatic carbocycles. The van der Waals surface area contributed by atoms with Gasteiger partial charge in [0, 0.05) is 6.04 Å². The summed E-state index contributed by atoms with van der Waals surface area (Å²) in [5, 5.41) is 0. The standard InChI is InChI=1S/C10H19N/c1-9(11)7-8-10-5-3-2-4-6-10/h7-10H,2-6,11H2,1H3/b8-7+. The Morgan fingerprint density at radius 3 is 2.45 bits per heavy atom. The van der Waals surface area contributed by atoms with Crippen molar-refractivity contribution in [3.63, 3.8) is 0 Å². The van der Waals surface area contributed by atoms with Crippen molar-refractivity contribution in [2.75, 3.05) is 0 Å². The quantitative estimate of drug-likeness (QED) is 0.606. The van der Waals surface area contributed by atoms with Crippen LogP contribution in [0.25, 0.3) is 0 Å². The van der Waals surface area contributed by atoms with Crippen molar-refractivity contribution in [3.8, 4) is 0 Å². The van der Waals surface area contributed by atoms with Gasteiger partial charge in [-0.25, -0.2) is 0 Å². The predicted molar refractivity (Wildman–Crippen MR) is 49.4 cm³/mol. The van der Waals surface area contributed by atoms with E-state index >= 15 is 0 Å². The van der Waals surface area contributed by atoms with Gasteiger partial charge >= 0.3 is 0 Å². The number of allylic oxidation sites excluding steroid dienone is 1. The first-order chi connectivity index (χ1) is 5.29. The van der Waals surface area contributed by atoms with Crippen LogP contribution in [0.5, 0.6) is 0 Å². The van der Waals surface area contributed by atoms with Crippen molar-refractivity contribution in [1.29, 1.82) is 0 Å². The lowest BCUT2D eigenvalue weighted by Gasteiger charge is -2.17. The normalized spacial score (nSPS) is 24.2. The van der Waals surface area contributed by atoms with Gasteiger partial charge in [0.05, 0.1) is 0 Å². The van der Waals surface area contributed by atoms with Crippen LogP contribution in [0.2, 0.25) is 0 Å². The summed E-state index contributed by atoms with van der Waals surface area (Å²) in [4.78, 5) is 0. The molecule has 0 heterocycles. The van der Waals surface area contributed by atoms with Crippen LogP contribution in [0.3, 0.4) is 0 Å². The Kier molecular flexibility index (Phi) is 3.64. The van der Waals surface area contributed by atoms with Gasteiger partial charge in [0.15, 0.2) is 0 Å². The molecule has 0 aromatic heterocycles. The zero-order chi connectivity index (χ0) is 8.10. The highest BCUT2D eigenvalue weighted by Gasteiger charge is 2.09. The minimum Gasteiger partial charge on any atom is -0.325 e. The Morgan fingerprint density at radius 2 is 1.91 bits per heavy atom. The minimum atomic E-state index is 0.233. The van der Waals surface area contributed by atoms with Crippen molar-refractivity contribution in [2.45, 2.75) is 45.1 Å². The Morgan fingerprint density at radius 1 is 1.27 bits per heavy atom. The average molecular weight is 153 g/mol. The van der Waals surface area contributed by atoms with E-state index in [0.717, 1.165) is 5.92 Å². The molecule has 0 aromatic carbocycles. The number of hydrogen-bond acceptors (Lipinski definition) is 1. The molecule has 64 valence electrons. The molecular formula is C10H19N. The van der Waals surface area contributed by atoms with Crippen LogP contribution in [0.4, 0.5) is 0 Å². The van der Waals surface area contributed by atoms with Crippen LogP contribution in [0, 0.1) is 5.92 Å². The van der Waals surface area contributed by atoms with E-state index in [-0.39, 0.29) is 6.04 Å². The molecule has 1 heteroatoms. The Hall–Kier alpha value is -0.300. The summed E-state index contributed by atoms with van der Waals surface area (Å²) in [5.74, 6) is 0.828. The highest BCUT2D eigenvalue weighted by Crippen LogP contribution is 2.24. The van der Waals surface area contributed by atoms with Gasteiger partial charge in [-0.1, -0.05) is 31.4 Å². The highest BCUT2D eigenvalue weighted by molar-refractivity contribution is 4.94. The van der Waals surface area contributed by atoms with Gasteiger partial charge < -0.3 is 5.73 Å². The summed E-state index contributed by atoms with van der Waals surface area (Å²) in [6, 6.07) is 0.233. The lowest BCUT2D eigenvalue weighted by atomic mass is 9.89. The fraction of sp³-hybridized carbons (Fsp3) is 0.800. The molecule has 0 aliphatic heterocycles. The molecule has 1 nitrogen and oxygen atoms in total. The minimum absolute atomic E-state index is 0.233. The molecule has 1 unspecified atom stereocenters. The second-order valence-electron chi connectivity index (χ2n) is 3.64. The number of nitrogens with two attached hydrogens (primary N) is 1. The van der Waals surface area contributed by atoms with E-state index in [2.05, 4.69) is 12.2 Å². The van der Waals surface area contributed by atoms with Crippen molar-refractivity contribution in [2.24, 2.45) is 11.7 Å². The summed E-state index contributed by atoms with van der Waals surface area (Å²) in [7, 11) is 0. The van der Waals surface area contributed by atoms with Crippen LogP contribution in [-0.4, -0.2) is 6.04 Å². The molecule has 0 amide bonds. The first-order valence-electron chi connectivity index (χ1n) is 4.73. The molecular weight excluding hydrogens is 134 g/mol. The molecule has 1 atom stereocenters. The fourth-order valence-electron chi connectivity index (χ4n) is 1.66. The number of hydrogen-bond donors (Lipinski definition) is 1.